The third-order valence-electron chi connectivity index (χ3n) is 2.62. The van der Waals surface area contributed by atoms with Crippen LogP contribution in [0.3, 0.4) is 0 Å². The van der Waals surface area contributed by atoms with Gasteiger partial charge in [0.25, 0.3) is 0 Å². The summed E-state index contributed by atoms with van der Waals surface area (Å²) < 4.78 is 9.75. The molecule has 1 heterocycles. The molecule has 0 atom stereocenters. The molecule has 0 fully saturated rings. The van der Waals surface area contributed by atoms with E-state index in [-0.39, 0.29) is 5.76 Å². The predicted molar refractivity (Wildman–Crippen MR) is 70.8 cm³/mol. The Morgan fingerprint density at radius 3 is 2.75 bits per heavy atom. The fraction of sp³-hybridized carbons (Fsp3) is 0.143. The van der Waals surface area contributed by atoms with Crippen LogP contribution in [0.1, 0.15) is 26.7 Å². The molecule has 1 aromatic heterocycles. The van der Waals surface area contributed by atoms with Gasteiger partial charge in [-0.05, 0) is 30.3 Å². The molecule has 0 aliphatic heterocycles. The van der Waals surface area contributed by atoms with E-state index in [9.17, 15) is 9.59 Å². The number of carbonyl (C=O) groups is 2. The highest BCUT2D eigenvalue weighted by Crippen LogP contribution is 2.14. The van der Waals surface area contributed by atoms with Gasteiger partial charge >= 0.3 is 11.9 Å². The van der Waals surface area contributed by atoms with Crippen LogP contribution in [-0.4, -0.2) is 24.2 Å². The molecule has 0 radical (unpaired) electrons. The van der Waals surface area contributed by atoms with Crippen molar-refractivity contribution in [3.8, 4) is 0 Å². The van der Waals surface area contributed by atoms with Crippen molar-refractivity contribution in [2.24, 2.45) is 0 Å². The molecule has 0 spiro atoms. The molecule has 0 amide bonds. The summed E-state index contributed by atoms with van der Waals surface area (Å²) in [6.45, 7) is 0.317. The van der Waals surface area contributed by atoms with E-state index in [1.807, 2.05) is 0 Å². The van der Waals surface area contributed by atoms with E-state index in [1.54, 1.807) is 30.3 Å². The number of furan rings is 1. The van der Waals surface area contributed by atoms with Crippen molar-refractivity contribution in [1.82, 2.24) is 0 Å². The Morgan fingerprint density at radius 2 is 2.10 bits per heavy atom. The summed E-state index contributed by atoms with van der Waals surface area (Å²) in [5.74, 6) is -1.14. The minimum absolute atomic E-state index is 0.106. The highest BCUT2D eigenvalue weighted by atomic mass is 16.5. The van der Waals surface area contributed by atoms with Crippen molar-refractivity contribution in [1.29, 1.82) is 0 Å². The molecule has 0 aliphatic rings. The Labute approximate surface area is 115 Å². The zero-order valence-electron chi connectivity index (χ0n) is 10.8. The van der Waals surface area contributed by atoms with Crippen LogP contribution in [0.5, 0.6) is 0 Å². The van der Waals surface area contributed by atoms with E-state index in [0.29, 0.717) is 23.6 Å². The molecule has 0 saturated carbocycles. The molecule has 6 heteroatoms. The number of carboxylic acids is 1. The smallest absolute Gasteiger partial charge is 0.371 e. The number of carbonyl (C=O) groups excluding carboxylic acids is 1. The van der Waals surface area contributed by atoms with E-state index in [1.165, 1.54) is 13.2 Å². The first kappa shape index (κ1) is 13.7. The first-order valence-corrected chi connectivity index (χ1v) is 5.84. The molecular weight excluding hydrogens is 262 g/mol. The number of benzene rings is 1. The molecule has 0 bridgehead atoms. The standard InChI is InChI=1S/C14H13NO5/c1-19-14(18)9-3-2-4-10(7-9)15-8-11-5-6-12(20-11)13(16)17/h2-7,15H,8H2,1H3,(H,16,17). The maximum Gasteiger partial charge on any atom is 0.371 e. The average Bonchev–Trinajstić information content (AvgIpc) is 2.93. The molecule has 0 saturated heterocycles. The van der Waals surface area contributed by atoms with Crippen LogP contribution in [0.15, 0.2) is 40.8 Å². The maximum absolute atomic E-state index is 11.4. The highest BCUT2D eigenvalue weighted by molar-refractivity contribution is 5.90. The summed E-state index contributed by atoms with van der Waals surface area (Å²) in [4.78, 5) is 22.1. The molecule has 0 aliphatic carbocycles. The summed E-state index contributed by atoms with van der Waals surface area (Å²) in [5.41, 5.74) is 1.14. The number of rotatable bonds is 5. The molecule has 6 nitrogen and oxygen atoms in total. The van der Waals surface area contributed by atoms with Crippen LogP contribution in [0.2, 0.25) is 0 Å². The van der Waals surface area contributed by atoms with Gasteiger partial charge in [-0.3, -0.25) is 0 Å². The zero-order chi connectivity index (χ0) is 14.5. The number of nitrogens with one attached hydrogen (secondary N) is 1. The van der Waals surface area contributed by atoms with Crippen LogP contribution in [-0.2, 0) is 11.3 Å². The summed E-state index contributed by atoms with van der Waals surface area (Å²) in [7, 11) is 1.32. The molecule has 2 aromatic rings. The normalized spacial score (nSPS) is 10.1. The quantitative estimate of drug-likeness (QED) is 0.814. The number of anilines is 1. The third kappa shape index (κ3) is 3.17. The van der Waals surface area contributed by atoms with Gasteiger partial charge < -0.3 is 19.6 Å². The van der Waals surface area contributed by atoms with Gasteiger partial charge in [0.15, 0.2) is 0 Å². The highest BCUT2D eigenvalue weighted by Gasteiger charge is 2.09. The number of hydrogen-bond acceptors (Lipinski definition) is 5. The van der Waals surface area contributed by atoms with Gasteiger partial charge in [-0.1, -0.05) is 6.07 Å². The van der Waals surface area contributed by atoms with E-state index >= 15 is 0 Å². The van der Waals surface area contributed by atoms with Gasteiger partial charge in [-0.2, -0.15) is 0 Å². The fourth-order valence-corrected chi connectivity index (χ4v) is 1.65. The second-order valence-electron chi connectivity index (χ2n) is 4.00. The largest absolute Gasteiger partial charge is 0.475 e. The van der Waals surface area contributed by atoms with Gasteiger partial charge in [0.1, 0.15) is 5.76 Å². The van der Waals surface area contributed by atoms with Gasteiger partial charge in [0.2, 0.25) is 5.76 Å². The van der Waals surface area contributed by atoms with Crippen LogP contribution in [0, 0.1) is 0 Å². The minimum atomic E-state index is -1.11. The van der Waals surface area contributed by atoms with E-state index < -0.39 is 11.9 Å². The Bertz CT molecular complexity index is 632. The monoisotopic (exact) mass is 275 g/mol. The van der Waals surface area contributed by atoms with Crippen LogP contribution in [0.25, 0.3) is 0 Å². The number of esters is 1. The van der Waals surface area contributed by atoms with Crippen molar-refractivity contribution in [2.45, 2.75) is 6.54 Å². The number of ether oxygens (including phenoxy) is 1. The second-order valence-corrected chi connectivity index (χ2v) is 4.00. The lowest BCUT2D eigenvalue weighted by Gasteiger charge is -2.06. The summed E-state index contributed by atoms with van der Waals surface area (Å²) in [6, 6.07) is 9.77. The lowest BCUT2D eigenvalue weighted by Crippen LogP contribution is -2.03. The fourth-order valence-electron chi connectivity index (χ4n) is 1.65. The Kier molecular flexibility index (Phi) is 4.05. The Balaban J connectivity index is 2.03. The summed E-state index contributed by atoms with van der Waals surface area (Å²) >= 11 is 0. The lowest BCUT2D eigenvalue weighted by molar-refractivity contribution is 0.0599. The molecule has 20 heavy (non-hydrogen) atoms. The van der Waals surface area contributed by atoms with Crippen LogP contribution >= 0.6 is 0 Å². The zero-order valence-corrected chi connectivity index (χ0v) is 10.8. The maximum atomic E-state index is 11.4. The van der Waals surface area contributed by atoms with Crippen LogP contribution in [0.4, 0.5) is 5.69 Å². The number of carboxylic acid groups (broad SMARTS) is 1. The molecule has 1 aromatic carbocycles. The number of methoxy groups -OCH3 is 1. The van der Waals surface area contributed by atoms with Crippen molar-refractivity contribution in [2.75, 3.05) is 12.4 Å². The molecule has 0 unspecified atom stereocenters. The van der Waals surface area contributed by atoms with Crippen molar-refractivity contribution >= 4 is 17.6 Å². The second kappa shape index (κ2) is 5.92. The van der Waals surface area contributed by atoms with Gasteiger partial charge in [0.05, 0.1) is 19.2 Å². The van der Waals surface area contributed by atoms with Crippen molar-refractivity contribution in [3.05, 3.63) is 53.5 Å². The topological polar surface area (TPSA) is 88.8 Å². The number of aromatic carboxylic acids is 1. The SMILES string of the molecule is COC(=O)c1cccc(NCc2ccc(C(=O)O)o2)c1. The van der Waals surface area contributed by atoms with E-state index in [0.717, 1.165) is 0 Å². The average molecular weight is 275 g/mol. The first-order chi connectivity index (χ1) is 9.60. The van der Waals surface area contributed by atoms with Crippen LogP contribution < -0.4 is 5.32 Å². The van der Waals surface area contributed by atoms with Gasteiger partial charge in [-0.25, -0.2) is 9.59 Å². The third-order valence-corrected chi connectivity index (χ3v) is 2.62. The van der Waals surface area contributed by atoms with Gasteiger partial charge in [0, 0.05) is 5.69 Å². The van der Waals surface area contributed by atoms with Crippen molar-refractivity contribution in [3.63, 3.8) is 0 Å². The van der Waals surface area contributed by atoms with E-state index in [4.69, 9.17) is 9.52 Å². The number of hydrogen-bond donors (Lipinski definition) is 2. The molecule has 104 valence electrons. The molecule has 2 N–H and O–H groups in total. The van der Waals surface area contributed by atoms with Crippen molar-refractivity contribution < 1.29 is 23.8 Å². The lowest BCUT2D eigenvalue weighted by atomic mass is 10.2. The summed E-state index contributed by atoms with van der Waals surface area (Å²) in [5, 5.41) is 11.8. The predicted octanol–water partition coefficient (Wildman–Crippen LogP) is 2.38. The first-order valence-electron chi connectivity index (χ1n) is 5.84. The molecular formula is C14H13NO5. The minimum Gasteiger partial charge on any atom is -0.475 e. The Hall–Kier alpha value is -2.76. The Morgan fingerprint density at radius 1 is 1.30 bits per heavy atom. The van der Waals surface area contributed by atoms with Gasteiger partial charge in [-0.15, -0.1) is 0 Å². The van der Waals surface area contributed by atoms with E-state index in [2.05, 4.69) is 10.1 Å². The molecule has 2 rings (SSSR count). The summed E-state index contributed by atoms with van der Waals surface area (Å²) in [6.07, 6.45) is 0.